The van der Waals surface area contributed by atoms with Crippen molar-refractivity contribution in [3.8, 4) is 0 Å². The molecule has 1 unspecified atom stereocenters. The zero-order valence-corrected chi connectivity index (χ0v) is 13.5. The maximum atomic E-state index is 12.5. The largest absolute Gasteiger partial charge is 0.372 e. The number of hydrogen-bond donors (Lipinski definition) is 0. The van der Waals surface area contributed by atoms with E-state index in [0.29, 0.717) is 11.7 Å². The molecule has 1 atom stereocenters. The fraction of sp³-hybridized carbons (Fsp3) is 0.588. The van der Waals surface area contributed by atoms with Gasteiger partial charge in [-0.25, -0.2) is 0 Å². The van der Waals surface area contributed by atoms with Crippen LogP contribution in [-0.4, -0.2) is 35.8 Å². The molecular formula is C17H25O2S+. The van der Waals surface area contributed by atoms with Gasteiger partial charge in [0, 0.05) is 16.5 Å². The summed E-state index contributed by atoms with van der Waals surface area (Å²) >= 11 is 0. The van der Waals surface area contributed by atoms with E-state index < -0.39 is 0 Å². The molecule has 2 nitrogen and oxygen atoms in total. The van der Waals surface area contributed by atoms with Gasteiger partial charge < -0.3 is 4.74 Å². The lowest BCUT2D eigenvalue weighted by Gasteiger charge is -2.19. The van der Waals surface area contributed by atoms with Gasteiger partial charge in [-0.2, -0.15) is 0 Å². The van der Waals surface area contributed by atoms with Crippen LogP contribution in [0.15, 0.2) is 24.3 Å². The van der Waals surface area contributed by atoms with Crippen LogP contribution in [0.2, 0.25) is 0 Å². The molecule has 20 heavy (non-hydrogen) atoms. The number of ketones is 1. The third-order valence-corrected chi connectivity index (χ3v) is 6.33. The Bertz CT molecular complexity index is 433. The minimum Gasteiger partial charge on any atom is -0.372 e. The van der Waals surface area contributed by atoms with Gasteiger partial charge in [0.15, 0.2) is 5.25 Å². The number of Topliss-reactive ketones (excluding diaryl/α,β-unsaturated/α-hetero) is 1. The van der Waals surface area contributed by atoms with Crippen LogP contribution in [-0.2, 0) is 22.1 Å². The summed E-state index contributed by atoms with van der Waals surface area (Å²) in [5, 5.41) is 0.134. The maximum Gasteiger partial charge on any atom is 0.214 e. The summed E-state index contributed by atoms with van der Waals surface area (Å²) in [6.45, 7) is 8.14. The predicted molar refractivity (Wildman–Crippen MR) is 86.7 cm³/mol. The predicted octanol–water partition coefficient (Wildman–Crippen LogP) is 3.10. The average Bonchev–Trinajstić information content (AvgIpc) is 2.47. The lowest BCUT2D eigenvalue weighted by molar-refractivity contribution is 0.0991. The molecule has 1 aliphatic heterocycles. The number of carbonyl (C=O) groups is 1. The molecule has 0 N–H and O–H groups in total. The number of hydrogen-bond acceptors (Lipinski definition) is 2. The molecular weight excluding hydrogens is 268 g/mol. The van der Waals surface area contributed by atoms with E-state index in [1.165, 1.54) is 5.56 Å². The minimum atomic E-state index is 0.134. The molecule has 1 aliphatic rings. The van der Waals surface area contributed by atoms with Crippen LogP contribution < -0.4 is 0 Å². The maximum absolute atomic E-state index is 12.5. The molecule has 0 amide bonds. The first-order valence-electron chi connectivity index (χ1n) is 7.45. The highest BCUT2D eigenvalue weighted by atomic mass is 32.2. The van der Waals surface area contributed by atoms with Crippen LogP contribution in [0.5, 0.6) is 0 Å². The Labute approximate surface area is 125 Å². The smallest absolute Gasteiger partial charge is 0.214 e. The Kier molecular flexibility index (Phi) is 5.67. The molecule has 1 heterocycles. The second-order valence-corrected chi connectivity index (χ2v) is 8.46. The molecule has 110 valence electrons. The van der Waals surface area contributed by atoms with Crippen molar-refractivity contribution in [1.82, 2.24) is 0 Å². The van der Waals surface area contributed by atoms with Crippen molar-refractivity contribution in [2.45, 2.75) is 32.4 Å². The first kappa shape index (κ1) is 15.6. The molecule has 0 aliphatic carbocycles. The normalized spacial score (nSPS) is 18.2. The quantitative estimate of drug-likeness (QED) is 0.616. The van der Waals surface area contributed by atoms with Gasteiger partial charge >= 0.3 is 0 Å². The minimum absolute atomic E-state index is 0.134. The van der Waals surface area contributed by atoms with Crippen molar-refractivity contribution >= 4 is 16.7 Å². The second kappa shape index (κ2) is 7.28. The molecule has 1 aromatic carbocycles. The van der Waals surface area contributed by atoms with Crippen molar-refractivity contribution < 1.29 is 9.53 Å². The van der Waals surface area contributed by atoms with Gasteiger partial charge in [-0.05, 0) is 24.8 Å². The van der Waals surface area contributed by atoms with Crippen LogP contribution in [0.1, 0.15) is 36.7 Å². The molecule has 0 aromatic heterocycles. The molecule has 0 bridgehead atoms. The third-order valence-electron chi connectivity index (χ3n) is 3.73. The van der Waals surface area contributed by atoms with E-state index in [-0.39, 0.29) is 16.1 Å². The monoisotopic (exact) mass is 293 g/mol. The topological polar surface area (TPSA) is 26.3 Å². The zero-order valence-electron chi connectivity index (χ0n) is 12.7. The van der Waals surface area contributed by atoms with Crippen LogP contribution >= 0.6 is 0 Å². The van der Waals surface area contributed by atoms with Gasteiger partial charge in [0.1, 0.15) is 11.5 Å². The first-order chi connectivity index (χ1) is 9.58. The summed E-state index contributed by atoms with van der Waals surface area (Å²) in [5.74, 6) is 3.03. The zero-order chi connectivity index (χ0) is 14.5. The van der Waals surface area contributed by atoms with Crippen molar-refractivity contribution in [2.75, 3.05) is 24.7 Å². The summed E-state index contributed by atoms with van der Waals surface area (Å²) in [4.78, 5) is 12.5. The van der Waals surface area contributed by atoms with E-state index in [1.54, 1.807) is 0 Å². The highest BCUT2D eigenvalue weighted by Gasteiger charge is 2.34. The lowest BCUT2D eigenvalue weighted by atomic mass is 10.0. The summed E-state index contributed by atoms with van der Waals surface area (Å²) < 4.78 is 5.38. The van der Waals surface area contributed by atoms with Crippen LogP contribution in [0.4, 0.5) is 0 Å². The lowest BCUT2D eigenvalue weighted by Crippen LogP contribution is -2.38. The summed E-state index contributed by atoms with van der Waals surface area (Å²) in [6, 6.07) is 8.21. The van der Waals surface area contributed by atoms with E-state index in [9.17, 15) is 4.79 Å². The average molecular weight is 293 g/mol. The molecule has 0 radical (unpaired) electrons. The molecule has 0 spiro atoms. The number of benzene rings is 1. The Morgan fingerprint density at radius 1 is 1.15 bits per heavy atom. The van der Waals surface area contributed by atoms with E-state index in [2.05, 4.69) is 32.9 Å². The van der Waals surface area contributed by atoms with Gasteiger partial charge in [0.2, 0.25) is 5.78 Å². The second-order valence-electron chi connectivity index (χ2n) is 5.86. The van der Waals surface area contributed by atoms with Crippen LogP contribution in [0, 0.1) is 5.92 Å². The Balaban J connectivity index is 2.00. The fourth-order valence-corrected chi connectivity index (χ4v) is 4.57. The van der Waals surface area contributed by atoms with Gasteiger partial charge in [0.25, 0.3) is 0 Å². The van der Waals surface area contributed by atoms with Crippen molar-refractivity contribution in [2.24, 2.45) is 5.92 Å². The standard InChI is InChI=1S/C17H25O2S/c1-13(2)12-15-4-6-16(7-5-15)17(18)14(3)20-10-8-19-9-11-20/h4-7,13-14H,8-12H2,1-3H3/q+1. The van der Waals surface area contributed by atoms with Crippen LogP contribution in [0.25, 0.3) is 0 Å². The van der Waals surface area contributed by atoms with E-state index in [4.69, 9.17) is 4.74 Å². The van der Waals surface area contributed by atoms with Crippen molar-refractivity contribution in [3.63, 3.8) is 0 Å². The molecule has 3 heteroatoms. The number of rotatable bonds is 5. The summed E-state index contributed by atoms with van der Waals surface area (Å²) in [5.41, 5.74) is 2.18. The molecule has 1 fully saturated rings. The first-order valence-corrected chi connectivity index (χ1v) is 9.07. The Hall–Kier alpha value is -0.800. The summed E-state index contributed by atoms with van der Waals surface area (Å²) in [7, 11) is 0.191. The number of ether oxygens (including phenoxy) is 1. The van der Waals surface area contributed by atoms with Gasteiger partial charge in [-0.1, -0.05) is 38.1 Å². The van der Waals surface area contributed by atoms with Crippen LogP contribution in [0.3, 0.4) is 0 Å². The number of carbonyl (C=O) groups excluding carboxylic acids is 1. The molecule has 1 saturated heterocycles. The SMILES string of the molecule is CC(C)Cc1ccc(C(=O)C(C)[S+]2CCOCC2)cc1. The van der Waals surface area contributed by atoms with E-state index in [0.717, 1.165) is 36.7 Å². The third kappa shape index (κ3) is 4.10. The highest BCUT2D eigenvalue weighted by molar-refractivity contribution is 7.98. The van der Waals surface area contributed by atoms with Crippen molar-refractivity contribution in [1.29, 1.82) is 0 Å². The van der Waals surface area contributed by atoms with E-state index >= 15 is 0 Å². The molecule has 0 saturated carbocycles. The van der Waals surface area contributed by atoms with Crippen molar-refractivity contribution in [3.05, 3.63) is 35.4 Å². The van der Waals surface area contributed by atoms with Gasteiger partial charge in [-0.15, -0.1) is 0 Å². The highest BCUT2D eigenvalue weighted by Crippen LogP contribution is 2.17. The molecule has 2 rings (SSSR count). The Morgan fingerprint density at radius 3 is 2.30 bits per heavy atom. The Morgan fingerprint density at radius 2 is 1.75 bits per heavy atom. The van der Waals surface area contributed by atoms with E-state index in [1.807, 2.05) is 12.1 Å². The van der Waals surface area contributed by atoms with Gasteiger partial charge in [0.05, 0.1) is 13.2 Å². The molecule has 1 aromatic rings. The fourth-order valence-electron chi connectivity index (χ4n) is 2.55. The van der Waals surface area contributed by atoms with Gasteiger partial charge in [-0.3, -0.25) is 4.79 Å². The summed E-state index contributed by atoms with van der Waals surface area (Å²) in [6.07, 6.45) is 1.08.